The van der Waals surface area contributed by atoms with Gasteiger partial charge in [0.2, 0.25) is 0 Å². The molecule has 1 aliphatic heterocycles. The van der Waals surface area contributed by atoms with E-state index < -0.39 is 0 Å². The van der Waals surface area contributed by atoms with Crippen LogP contribution in [0.3, 0.4) is 0 Å². The molecule has 1 saturated heterocycles. The zero-order chi connectivity index (χ0) is 25.4. The van der Waals surface area contributed by atoms with Crippen molar-refractivity contribution in [2.75, 3.05) is 11.5 Å². The fourth-order valence-electron chi connectivity index (χ4n) is 5.24. The molecule has 0 aliphatic carbocycles. The lowest BCUT2D eigenvalue weighted by atomic mass is 9.93. The zero-order valence-corrected chi connectivity index (χ0v) is 22.4. The van der Waals surface area contributed by atoms with Crippen molar-refractivity contribution in [3.8, 4) is 11.4 Å². The van der Waals surface area contributed by atoms with Gasteiger partial charge >= 0.3 is 0 Å². The third kappa shape index (κ3) is 4.25. The van der Waals surface area contributed by atoms with Crippen LogP contribution in [0.25, 0.3) is 5.69 Å². The lowest BCUT2D eigenvalue weighted by Crippen LogP contribution is -2.29. The van der Waals surface area contributed by atoms with Gasteiger partial charge in [-0.3, -0.25) is 4.98 Å². The summed E-state index contributed by atoms with van der Waals surface area (Å²) in [7, 11) is 0. The Labute approximate surface area is 222 Å². The molecule has 4 aromatic rings. The summed E-state index contributed by atoms with van der Waals surface area (Å²) in [4.78, 5) is 6.91. The standard InChI is InChI=1S/C29H29ClN4OS/c1-5-35-24-14-12-22(13-15-24)34-28(27(32-29(34)36)25-11-6-7-16-31-25)26-18(2)19(3)33(20(26)4)23-10-8-9-21(30)17-23/h6-17,27-28H,5H2,1-4H3,(H,32,36)/t27-,28+/m1/s1. The van der Waals surface area contributed by atoms with Gasteiger partial charge in [-0.25, -0.2) is 0 Å². The van der Waals surface area contributed by atoms with Gasteiger partial charge in [-0.1, -0.05) is 23.7 Å². The molecule has 0 unspecified atom stereocenters. The Morgan fingerprint density at radius 2 is 1.75 bits per heavy atom. The molecule has 0 radical (unpaired) electrons. The second-order valence-electron chi connectivity index (χ2n) is 8.95. The van der Waals surface area contributed by atoms with Crippen LogP contribution >= 0.6 is 23.8 Å². The average molecular weight is 517 g/mol. The van der Waals surface area contributed by atoms with Crippen LogP contribution in [0.2, 0.25) is 5.02 Å². The van der Waals surface area contributed by atoms with Crippen molar-refractivity contribution in [2.45, 2.75) is 39.8 Å². The molecule has 7 heteroatoms. The Hall–Kier alpha value is -3.35. The van der Waals surface area contributed by atoms with E-state index >= 15 is 0 Å². The number of benzene rings is 2. The Balaban J connectivity index is 1.69. The van der Waals surface area contributed by atoms with Gasteiger partial charge < -0.3 is 19.5 Å². The van der Waals surface area contributed by atoms with Crippen molar-refractivity contribution in [1.29, 1.82) is 0 Å². The fourth-order valence-corrected chi connectivity index (χ4v) is 5.77. The van der Waals surface area contributed by atoms with Crippen LogP contribution in [0, 0.1) is 20.8 Å². The highest BCUT2D eigenvalue weighted by Gasteiger charge is 2.43. The molecule has 1 aliphatic rings. The van der Waals surface area contributed by atoms with Gasteiger partial charge in [0.25, 0.3) is 0 Å². The Kier molecular flexibility index (Phi) is 6.73. The van der Waals surface area contributed by atoms with Crippen LogP contribution in [-0.4, -0.2) is 21.3 Å². The van der Waals surface area contributed by atoms with E-state index in [1.807, 2.05) is 55.6 Å². The Morgan fingerprint density at radius 3 is 2.42 bits per heavy atom. The van der Waals surface area contributed by atoms with Crippen molar-refractivity contribution < 1.29 is 4.74 Å². The molecule has 0 bridgehead atoms. The predicted octanol–water partition coefficient (Wildman–Crippen LogP) is 7.03. The number of ether oxygens (including phenoxy) is 1. The molecule has 5 rings (SSSR count). The van der Waals surface area contributed by atoms with Gasteiger partial charge in [-0.2, -0.15) is 0 Å². The number of anilines is 1. The van der Waals surface area contributed by atoms with Crippen LogP contribution in [0.1, 0.15) is 47.2 Å². The van der Waals surface area contributed by atoms with E-state index in [-0.39, 0.29) is 12.1 Å². The molecular weight excluding hydrogens is 488 g/mol. The lowest BCUT2D eigenvalue weighted by Gasteiger charge is -2.29. The zero-order valence-electron chi connectivity index (χ0n) is 20.8. The number of nitrogens with one attached hydrogen (secondary N) is 1. The molecule has 36 heavy (non-hydrogen) atoms. The van der Waals surface area contributed by atoms with E-state index in [1.165, 1.54) is 16.8 Å². The number of hydrogen-bond donors (Lipinski definition) is 1. The monoisotopic (exact) mass is 516 g/mol. The van der Waals surface area contributed by atoms with Crippen LogP contribution in [0.4, 0.5) is 5.69 Å². The first kappa shape index (κ1) is 24.3. The van der Waals surface area contributed by atoms with Crippen LogP contribution in [-0.2, 0) is 0 Å². The number of aromatic nitrogens is 2. The molecule has 0 amide bonds. The van der Waals surface area contributed by atoms with E-state index in [2.05, 4.69) is 59.8 Å². The molecule has 0 saturated carbocycles. The van der Waals surface area contributed by atoms with Gasteiger partial charge in [-0.15, -0.1) is 0 Å². The molecular formula is C29H29ClN4OS. The predicted molar refractivity (Wildman–Crippen MR) is 151 cm³/mol. The molecule has 2 atom stereocenters. The topological polar surface area (TPSA) is 42.3 Å². The summed E-state index contributed by atoms with van der Waals surface area (Å²) < 4.78 is 7.96. The van der Waals surface area contributed by atoms with Gasteiger partial charge in [0, 0.05) is 39.5 Å². The first-order chi connectivity index (χ1) is 17.4. The maximum absolute atomic E-state index is 6.37. The second kappa shape index (κ2) is 9.96. The smallest absolute Gasteiger partial charge is 0.174 e. The number of hydrogen-bond acceptors (Lipinski definition) is 3. The van der Waals surface area contributed by atoms with Crippen LogP contribution in [0.5, 0.6) is 5.75 Å². The molecule has 0 spiro atoms. The summed E-state index contributed by atoms with van der Waals surface area (Å²) >= 11 is 12.3. The van der Waals surface area contributed by atoms with Gasteiger partial charge in [0.15, 0.2) is 5.11 Å². The second-order valence-corrected chi connectivity index (χ2v) is 9.77. The Bertz CT molecular complexity index is 1400. The van der Waals surface area contributed by atoms with Crippen molar-refractivity contribution in [1.82, 2.24) is 14.9 Å². The first-order valence-corrected chi connectivity index (χ1v) is 12.9. The third-order valence-electron chi connectivity index (χ3n) is 6.89. The minimum atomic E-state index is -0.114. The third-order valence-corrected chi connectivity index (χ3v) is 7.44. The van der Waals surface area contributed by atoms with E-state index in [1.54, 1.807) is 0 Å². The molecule has 2 aromatic carbocycles. The molecule has 3 heterocycles. The van der Waals surface area contributed by atoms with Crippen molar-refractivity contribution in [3.05, 3.63) is 106 Å². The molecule has 1 N–H and O–H groups in total. The highest BCUT2D eigenvalue weighted by atomic mass is 35.5. The Morgan fingerprint density at radius 1 is 0.972 bits per heavy atom. The number of halogens is 1. The average Bonchev–Trinajstić information content (AvgIpc) is 3.32. The maximum atomic E-state index is 6.37. The van der Waals surface area contributed by atoms with Crippen molar-refractivity contribution >= 4 is 34.6 Å². The first-order valence-electron chi connectivity index (χ1n) is 12.1. The van der Waals surface area contributed by atoms with Crippen molar-refractivity contribution in [3.63, 3.8) is 0 Å². The van der Waals surface area contributed by atoms with Gasteiger partial charge in [0.1, 0.15) is 5.75 Å². The molecule has 184 valence electrons. The normalized spacial score (nSPS) is 17.4. The minimum absolute atomic E-state index is 0.0931. The fraction of sp³-hybridized carbons (Fsp3) is 0.241. The number of rotatable bonds is 6. The van der Waals surface area contributed by atoms with E-state index in [4.69, 9.17) is 33.5 Å². The highest BCUT2D eigenvalue weighted by Crippen LogP contribution is 2.45. The lowest BCUT2D eigenvalue weighted by molar-refractivity contribution is 0.340. The minimum Gasteiger partial charge on any atom is -0.494 e. The molecule has 1 fully saturated rings. The van der Waals surface area contributed by atoms with Crippen molar-refractivity contribution in [2.24, 2.45) is 0 Å². The van der Waals surface area contributed by atoms with Crippen LogP contribution < -0.4 is 15.0 Å². The summed E-state index contributed by atoms with van der Waals surface area (Å²) in [6, 6.07) is 21.9. The van der Waals surface area contributed by atoms with Gasteiger partial charge in [0.05, 0.1) is 24.4 Å². The van der Waals surface area contributed by atoms with Gasteiger partial charge in [-0.05, 0) is 100 Å². The summed E-state index contributed by atoms with van der Waals surface area (Å²) in [5.41, 5.74) is 7.78. The SMILES string of the molecule is CCOc1ccc(N2C(=S)N[C@H](c3ccccn3)[C@@H]2c2c(C)c(C)n(-c3cccc(Cl)c3)c2C)cc1. The summed E-state index contributed by atoms with van der Waals surface area (Å²) in [5.74, 6) is 0.840. The number of nitrogens with zero attached hydrogens (tertiary/aromatic N) is 3. The molecule has 2 aromatic heterocycles. The summed E-state index contributed by atoms with van der Waals surface area (Å²) in [6.45, 7) is 9.13. The molecule has 5 nitrogen and oxygen atoms in total. The highest BCUT2D eigenvalue weighted by molar-refractivity contribution is 7.80. The maximum Gasteiger partial charge on any atom is 0.174 e. The van der Waals surface area contributed by atoms with E-state index in [9.17, 15) is 0 Å². The van der Waals surface area contributed by atoms with E-state index in [0.717, 1.165) is 28.5 Å². The largest absolute Gasteiger partial charge is 0.494 e. The summed E-state index contributed by atoms with van der Waals surface area (Å²) in [5, 5.41) is 4.96. The quantitative estimate of drug-likeness (QED) is 0.279. The van der Waals surface area contributed by atoms with E-state index in [0.29, 0.717) is 16.7 Å². The number of pyridine rings is 1. The van der Waals surface area contributed by atoms with Crippen LogP contribution in [0.15, 0.2) is 72.9 Å². The summed E-state index contributed by atoms with van der Waals surface area (Å²) in [6.07, 6.45) is 1.83. The number of thiocarbonyl (C=S) groups is 1.